The Hall–Kier alpha value is -1.38. The third kappa shape index (κ3) is 16.0. The first-order valence-electron chi connectivity index (χ1n) is 33.7. The summed E-state index contributed by atoms with van der Waals surface area (Å²) in [6, 6.07) is 30.3. The van der Waals surface area contributed by atoms with Crippen LogP contribution in [0.2, 0.25) is 0 Å². The van der Waals surface area contributed by atoms with Gasteiger partial charge < -0.3 is 40.5 Å². The first-order valence-corrected chi connectivity index (χ1v) is 41.7. The molecule has 16 saturated carbocycles. The summed E-state index contributed by atoms with van der Waals surface area (Å²) in [5.41, 5.74) is 7.26. The van der Waals surface area contributed by atoms with E-state index < -0.39 is 40.3 Å². The van der Waals surface area contributed by atoms with E-state index in [2.05, 4.69) is 60.9 Å². The molecule has 1 heterocycles. The van der Waals surface area contributed by atoms with E-state index in [1.54, 1.807) is 56.2 Å². The fourth-order valence-electron chi connectivity index (χ4n) is 21.0. The molecule has 17 aliphatic rings. The summed E-state index contributed by atoms with van der Waals surface area (Å²) >= 11 is 4.92. The average molecular weight is 1520 g/mol. The molecule has 0 aromatic heterocycles. The van der Waals surface area contributed by atoms with Gasteiger partial charge >= 0.3 is 81.7 Å². The molecule has 17 fully saturated rings. The number of hydrogen-bond donors (Lipinski definition) is 4. The topological polar surface area (TPSA) is 170 Å². The van der Waals surface area contributed by atoms with Gasteiger partial charge in [-0.2, -0.15) is 4.89 Å². The van der Waals surface area contributed by atoms with Crippen LogP contribution in [0.15, 0.2) is 117 Å². The summed E-state index contributed by atoms with van der Waals surface area (Å²) in [5.74, 6) is 13.7. The maximum atomic E-state index is 11.6. The molecular formula is C72H89AlB2Br2Cl3LiO12Ti. The van der Waals surface area contributed by atoms with E-state index in [-0.39, 0.29) is 43.6 Å². The van der Waals surface area contributed by atoms with Gasteiger partial charge in [-0.25, -0.2) is 9.68 Å². The molecule has 22 heteroatoms. The van der Waals surface area contributed by atoms with Crippen LogP contribution in [-0.4, -0.2) is 97.5 Å². The van der Waals surface area contributed by atoms with Gasteiger partial charge in [0.15, 0.2) is 5.60 Å². The second-order valence-electron chi connectivity index (χ2n) is 29.1. The Bertz CT molecular complexity index is 3250. The smallest absolute Gasteiger partial charge is 1.00 e. The molecule has 4 N–H and O–H groups in total. The normalized spacial score (nSPS) is 34.1. The minimum absolute atomic E-state index is 0. The Balaban J connectivity index is 0.000000140. The zero-order valence-electron chi connectivity index (χ0n) is 55.8. The number of ketones is 1. The van der Waals surface area contributed by atoms with Gasteiger partial charge in [0, 0.05) is 61.9 Å². The van der Waals surface area contributed by atoms with Crippen molar-refractivity contribution in [3.05, 3.63) is 139 Å². The summed E-state index contributed by atoms with van der Waals surface area (Å²) in [7, 11) is 18.6. The molecule has 16 aliphatic carbocycles. The van der Waals surface area contributed by atoms with Crippen molar-refractivity contribution in [1.29, 1.82) is 0 Å². The van der Waals surface area contributed by atoms with Crippen LogP contribution in [0.25, 0.3) is 11.5 Å². The minimum Gasteiger partial charge on any atom is -1.00 e. The zero-order chi connectivity index (χ0) is 64.8. The predicted molar refractivity (Wildman–Crippen MR) is 371 cm³/mol. The van der Waals surface area contributed by atoms with Crippen molar-refractivity contribution in [1.82, 2.24) is 0 Å². The van der Waals surface area contributed by atoms with Gasteiger partial charge in [0.05, 0.1) is 26.9 Å². The van der Waals surface area contributed by atoms with Crippen molar-refractivity contribution in [2.24, 2.45) is 94.7 Å². The Labute approximate surface area is 615 Å². The quantitative estimate of drug-likeness (QED) is 0.0542. The molecule has 1 spiro atoms. The van der Waals surface area contributed by atoms with Gasteiger partial charge in [-0.1, -0.05) is 98.6 Å². The SMILES string of the molecule is COC(=C1C2CC3CC(C2)CC1C3)c1cccc(B(O)O)c1.COC(=C1C2CC3CC(C2)CC1C3)c1cccc(Br)c1.COC(=O)c1cccc(Br)c1.COC1(c2cccc(B(O)O)c2)OOC12C1CC3CC(C1)CC2C3.O=C1C2CC3CC(C2)CC1C3.[Al].[Cl][Ti]([Cl])[Cl].[H-].[Li+]. The van der Waals surface area contributed by atoms with Gasteiger partial charge in [-0.3, -0.25) is 4.79 Å². The monoisotopic (exact) mass is 1510 g/mol. The number of rotatable bonds is 9. The van der Waals surface area contributed by atoms with Crippen LogP contribution >= 0.6 is 59.8 Å². The van der Waals surface area contributed by atoms with Crippen LogP contribution in [0.4, 0.5) is 0 Å². The van der Waals surface area contributed by atoms with E-state index in [0.29, 0.717) is 57.8 Å². The van der Waals surface area contributed by atoms with E-state index in [1.807, 2.05) is 43.5 Å². The van der Waals surface area contributed by atoms with Crippen molar-refractivity contribution >= 4 is 126 Å². The van der Waals surface area contributed by atoms with Crippen LogP contribution in [0.3, 0.4) is 0 Å². The summed E-state index contributed by atoms with van der Waals surface area (Å²) < 4.78 is 24.2. The van der Waals surface area contributed by atoms with Gasteiger partial charge in [0.25, 0.3) is 5.79 Å². The zero-order valence-corrected chi connectivity index (χ0v) is 63.0. The number of benzene rings is 4. The van der Waals surface area contributed by atoms with Crippen LogP contribution in [0.1, 0.15) is 157 Å². The maximum absolute atomic E-state index is 11.6. The third-order valence-electron chi connectivity index (χ3n) is 23.7. The van der Waals surface area contributed by atoms with Crippen LogP contribution in [-0.2, 0) is 54.0 Å². The molecule has 1 aliphatic heterocycles. The van der Waals surface area contributed by atoms with Gasteiger partial charge in [-0.05, 0) is 264 Å². The molecule has 498 valence electrons. The van der Waals surface area contributed by atoms with Crippen molar-refractivity contribution in [3.63, 3.8) is 0 Å². The van der Waals surface area contributed by atoms with E-state index >= 15 is 0 Å². The van der Waals surface area contributed by atoms with Crippen LogP contribution < -0.4 is 29.8 Å². The van der Waals surface area contributed by atoms with E-state index in [1.165, 1.54) is 152 Å². The first kappa shape index (κ1) is 75.3. The van der Waals surface area contributed by atoms with E-state index in [0.717, 1.165) is 85.0 Å². The average Bonchev–Trinajstić information content (AvgIpc) is 0.672. The predicted octanol–water partition coefficient (Wildman–Crippen LogP) is 11.8. The van der Waals surface area contributed by atoms with Crippen molar-refractivity contribution < 1.29 is 93.4 Å². The number of carbonyl (C=O) groups is 2. The Kier molecular flexibility index (Phi) is 26.2. The van der Waals surface area contributed by atoms with Crippen molar-refractivity contribution in [2.45, 2.75) is 140 Å². The molecule has 3 radical (unpaired) electrons. The number of methoxy groups -OCH3 is 4. The number of allylic oxidation sites excluding steroid dienone is 2. The summed E-state index contributed by atoms with van der Waals surface area (Å²) in [6.45, 7) is 0. The molecule has 94 heavy (non-hydrogen) atoms. The van der Waals surface area contributed by atoms with Crippen molar-refractivity contribution in [2.75, 3.05) is 28.4 Å². The molecular weight excluding hydrogens is 1430 g/mol. The molecule has 21 rings (SSSR count). The molecule has 4 aromatic carbocycles. The number of carbonyl (C=O) groups excluding carboxylic acids is 2. The van der Waals surface area contributed by atoms with E-state index in [9.17, 15) is 29.7 Å². The summed E-state index contributed by atoms with van der Waals surface area (Å²) in [5, 5.41) is 37.9. The van der Waals surface area contributed by atoms with Crippen molar-refractivity contribution in [3.8, 4) is 0 Å². The largest absolute Gasteiger partial charge is 1.00 e. The molecule has 12 nitrogen and oxygen atoms in total. The second-order valence-corrected chi connectivity index (χ2v) is 38.7. The molecule has 0 amide bonds. The summed E-state index contributed by atoms with van der Waals surface area (Å²) in [4.78, 5) is 34.1. The van der Waals surface area contributed by atoms with Gasteiger partial charge in [0.1, 0.15) is 17.3 Å². The van der Waals surface area contributed by atoms with Gasteiger partial charge in [0.2, 0.25) is 0 Å². The maximum Gasteiger partial charge on any atom is 1.00 e. The number of Topliss-reactive ketones (excluding diaryl/α,β-unsaturated/α-hetero) is 1. The Morgan fingerprint density at radius 2 is 0.830 bits per heavy atom. The second kappa shape index (κ2) is 32.7. The minimum atomic E-state index is -1.92. The van der Waals surface area contributed by atoms with Crippen LogP contribution in [0, 0.1) is 94.7 Å². The standard InChI is InChI=1S/C18H23BO5.C18H23BO3.C18H21BrO.C10H14O.C8H7BrO2.Al.3ClH.Li.Ti.H/c1-22-18(13-3-2-4-16(10-13)19(20)21)17(23-24-18)14-6-11-5-12(8-14)9-15(17)7-11;1-22-18(13-3-2-4-16(10-13)19(20)21)17-14-6-11-5-12(8-14)9-15(17)7-11;1-20-18(13-3-2-4-16(19)10-13)17-14-6-11-5-12(8-14)9-15(17)7-11;11-10-8-2-6-1-7(4-8)5-9(10)3-6;1-11-8(10)6-3-2-4-7(9)5-6;;;;;;;/h2-4,10-12,14-15,20-21H,5-9H2,1H3;2-4,10-12,14-15,20-21H,5-9H2,1H3;2-4,10-12,14-15H,5-9H2,1H3;6-9H,1-5H2;2-5H,1H3;;3*1H;;;/q;;;;;;;;;+1;+3;-1/p-3. The number of halogens is 5. The van der Waals surface area contributed by atoms with Crippen LogP contribution in [0.5, 0.6) is 0 Å². The molecule has 4 aromatic rings. The Morgan fingerprint density at radius 3 is 1.18 bits per heavy atom. The molecule has 16 bridgehead atoms. The molecule has 1 saturated heterocycles. The number of esters is 1. The number of ether oxygens (including phenoxy) is 4. The third-order valence-corrected chi connectivity index (χ3v) is 24.7. The fraction of sp³-hybridized carbons (Fsp3) is 0.583. The summed E-state index contributed by atoms with van der Waals surface area (Å²) in [6.07, 6.45) is 26.4. The Morgan fingerprint density at radius 1 is 0.489 bits per heavy atom. The first-order chi connectivity index (χ1) is 44.3. The molecule has 1 atom stereocenters. The molecule has 1 unspecified atom stereocenters. The number of hydrogen-bond acceptors (Lipinski definition) is 12. The van der Waals surface area contributed by atoms with Gasteiger partial charge in [-0.15, -0.1) is 0 Å². The van der Waals surface area contributed by atoms with E-state index in [4.69, 9.17) is 51.9 Å². The fourth-order valence-corrected chi connectivity index (χ4v) is 21.8.